The lowest BCUT2D eigenvalue weighted by Crippen LogP contribution is -2.22. The van der Waals surface area contributed by atoms with Gasteiger partial charge < -0.3 is 4.98 Å². The first kappa shape index (κ1) is 14.8. The second-order valence-electron chi connectivity index (χ2n) is 5.59. The molecular weight excluding hydrogens is 322 g/mol. The predicted octanol–water partition coefficient (Wildman–Crippen LogP) is 2.64. The predicted molar refractivity (Wildman–Crippen MR) is 91.4 cm³/mol. The van der Waals surface area contributed by atoms with Crippen molar-refractivity contribution in [2.75, 3.05) is 0 Å². The average Bonchev–Trinajstić information content (AvgIpc) is 3.15. The third-order valence-electron chi connectivity index (χ3n) is 4.16. The van der Waals surface area contributed by atoms with Gasteiger partial charge in [-0.05, 0) is 23.8 Å². The van der Waals surface area contributed by atoms with Crippen molar-refractivity contribution in [3.63, 3.8) is 0 Å². The van der Waals surface area contributed by atoms with Gasteiger partial charge in [0.05, 0.1) is 16.1 Å². The molecule has 4 rings (SSSR count). The van der Waals surface area contributed by atoms with Gasteiger partial charge >= 0.3 is 0 Å². The maximum atomic E-state index is 12.4. The number of carbonyl (C=O) groups is 2. The van der Waals surface area contributed by atoms with E-state index in [2.05, 4.69) is 10.3 Å². The number of nitro groups is 1. The van der Waals surface area contributed by atoms with Gasteiger partial charge in [-0.2, -0.15) is 0 Å². The zero-order valence-corrected chi connectivity index (χ0v) is 12.8. The van der Waals surface area contributed by atoms with Crippen LogP contribution in [0.1, 0.15) is 11.1 Å². The van der Waals surface area contributed by atoms with E-state index in [4.69, 9.17) is 0 Å². The Bertz CT molecular complexity index is 1080. The van der Waals surface area contributed by atoms with Crippen LogP contribution in [0.3, 0.4) is 0 Å². The van der Waals surface area contributed by atoms with Gasteiger partial charge in [-0.3, -0.25) is 25.0 Å². The summed E-state index contributed by atoms with van der Waals surface area (Å²) in [6, 6.07) is 13.0. The Balaban J connectivity index is 1.94. The molecule has 0 saturated carbocycles. The van der Waals surface area contributed by atoms with Crippen LogP contribution in [-0.2, 0) is 9.59 Å². The molecule has 7 heteroatoms. The second kappa shape index (κ2) is 5.41. The summed E-state index contributed by atoms with van der Waals surface area (Å²) in [5.41, 5.74) is 2.31. The van der Waals surface area contributed by atoms with Crippen LogP contribution < -0.4 is 5.32 Å². The third-order valence-corrected chi connectivity index (χ3v) is 4.16. The van der Waals surface area contributed by atoms with Gasteiger partial charge in [-0.15, -0.1) is 0 Å². The molecule has 0 radical (unpaired) electrons. The van der Waals surface area contributed by atoms with Crippen LogP contribution in [0.15, 0.2) is 54.7 Å². The Morgan fingerprint density at radius 2 is 1.56 bits per heavy atom. The number of amides is 2. The first-order valence-corrected chi connectivity index (χ1v) is 7.47. The summed E-state index contributed by atoms with van der Waals surface area (Å²) in [5.74, 6) is -0.998. The highest BCUT2D eigenvalue weighted by molar-refractivity contribution is 6.50. The number of imide groups is 1. The van der Waals surface area contributed by atoms with Gasteiger partial charge in [-0.1, -0.05) is 18.2 Å². The monoisotopic (exact) mass is 333 g/mol. The number of benzene rings is 2. The molecule has 0 bridgehead atoms. The Labute approximate surface area is 141 Å². The molecule has 0 aliphatic carbocycles. The highest BCUT2D eigenvalue weighted by Gasteiger charge is 2.33. The van der Waals surface area contributed by atoms with E-state index in [0.717, 1.165) is 10.9 Å². The van der Waals surface area contributed by atoms with Gasteiger partial charge in [-0.25, -0.2) is 0 Å². The minimum Gasteiger partial charge on any atom is -0.361 e. The summed E-state index contributed by atoms with van der Waals surface area (Å²) >= 11 is 0. The molecule has 2 amide bonds. The second-order valence-corrected chi connectivity index (χ2v) is 5.59. The molecule has 0 fully saturated rings. The maximum absolute atomic E-state index is 12.4. The van der Waals surface area contributed by atoms with Crippen LogP contribution in [-0.4, -0.2) is 21.7 Å². The standard InChI is InChI=1S/C18H11N3O4/c22-17-15(10-5-7-11(8-6-10)21(24)25)16(18(23)20-17)13-9-19-14-4-2-1-3-12(13)14/h1-9,19H,(H,20,22,23). The number of rotatable bonds is 3. The molecule has 2 heterocycles. The van der Waals surface area contributed by atoms with E-state index < -0.39 is 16.7 Å². The smallest absolute Gasteiger partial charge is 0.269 e. The fourth-order valence-corrected chi connectivity index (χ4v) is 3.02. The number of para-hydroxylation sites is 1. The lowest BCUT2D eigenvalue weighted by atomic mass is 9.96. The number of hydrogen-bond donors (Lipinski definition) is 2. The molecule has 3 aromatic rings. The summed E-state index contributed by atoms with van der Waals surface area (Å²) in [5, 5.41) is 13.9. The molecule has 0 spiro atoms. The third kappa shape index (κ3) is 2.29. The number of fused-ring (bicyclic) bond motifs is 1. The van der Waals surface area contributed by atoms with Crippen molar-refractivity contribution in [1.29, 1.82) is 0 Å². The van der Waals surface area contributed by atoms with E-state index in [0.29, 0.717) is 11.1 Å². The van der Waals surface area contributed by atoms with Crippen molar-refractivity contribution in [1.82, 2.24) is 10.3 Å². The summed E-state index contributed by atoms with van der Waals surface area (Å²) < 4.78 is 0. The van der Waals surface area contributed by atoms with Crippen molar-refractivity contribution < 1.29 is 14.5 Å². The average molecular weight is 333 g/mol. The Kier molecular flexibility index (Phi) is 3.21. The minimum atomic E-state index is -0.515. The fourth-order valence-electron chi connectivity index (χ4n) is 3.02. The molecule has 1 aliphatic heterocycles. The zero-order chi connectivity index (χ0) is 17.6. The summed E-state index contributed by atoms with van der Waals surface area (Å²) in [6.07, 6.45) is 1.68. The SMILES string of the molecule is O=C1NC(=O)C(c2c[nH]c3ccccc23)=C1c1ccc([N+](=O)[O-])cc1. The van der Waals surface area contributed by atoms with Crippen molar-refractivity contribution in [3.8, 4) is 0 Å². The van der Waals surface area contributed by atoms with Crippen LogP contribution in [0.25, 0.3) is 22.0 Å². The van der Waals surface area contributed by atoms with Crippen molar-refractivity contribution in [3.05, 3.63) is 76.0 Å². The van der Waals surface area contributed by atoms with Crippen LogP contribution in [0.2, 0.25) is 0 Å². The first-order chi connectivity index (χ1) is 12.1. The highest BCUT2D eigenvalue weighted by atomic mass is 16.6. The van der Waals surface area contributed by atoms with E-state index in [-0.39, 0.29) is 16.8 Å². The molecule has 1 aliphatic rings. The fraction of sp³-hybridized carbons (Fsp3) is 0. The molecule has 0 unspecified atom stereocenters. The van der Waals surface area contributed by atoms with Crippen LogP contribution in [0, 0.1) is 10.1 Å². The lowest BCUT2D eigenvalue weighted by Gasteiger charge is -2.04. The normalized spacial score (nSPS) is 14.2. The molecular formula is C18H11N3O4. The number of aromatic nitrogens is 1. The van der Waals surface area contributed by atoms with E-state index >= 15 is 0 Å². The largest absolute Gasteiger partial charge is 0.361 e. The topological polar surface area (TPSA) is 105 Å². The quantitative estimate of drug-likeness (QED) is 0.436. The number of nitro benzene ring substituents is 1. The molecule has 0 saturated heterocycles. The Morgan fingerprint density at radius 3 is 2.28 bits per heavy atom. The number of aromatic amines is 1. The maximum Gasteiger partial charge on any atom is 0.269 e. The Hall–Kier alpha value is -3.74. The van der Waals surface area contributed by atoms with Gasteiger partial charge in [0, 0.05) is 34.8 Å². The van der Waals surface area contributed by atoms with Gasteiger partial charge in [0.2, 0.25) is 0 Å². The summed E-state index contributed by atoms with van der Waals surface area (Å²) in [4.78, 5) is 38.1. The van der Waals surface area contributed by atoms with E-state index in [1.807, 2.05) is 24.3 Å². The highest BCUT2D eigenvalue weighted by Crippen LogP contribution is 2.35. The summed E-state index contributed by atoms with van der Waals surface area (Å²) in [6.45, 7) is 0. The van der Waals surface area contributed by atoms with Crippen LogP contribution >= 0.6 is 0 Å². The lowest BCUT2D eigenvalue weighted by molar-refractivity contribution is -0.384. The van der Waals surface area contributed by atoms with Gasteiger partial charge in [0.1, 0.15) is 0 Å². The Morgan fingerprint density at radius 1 is 0.880 bits per heavy atom. The molecule has 1 aromatic heterocycles. The van der Waals surface area contributed by atoms with Crippen molar-refractivity contribution in [2.24, 2.45) is 0 Å². The van der Waals surface area contributed by atoms with Crippen LogP contribution in [0.5, 0.6) is 0 Å². The molecule has 122 valence electrons. The number of non-ortho nitro benzene ring substituents is 1. The molecule has 7 nitrogen and oxygen atoms in total. The molecule has 2 aromatic carbocycles. The van der Waals surface area contributed by atoms with Crippen molar-refractivity contribution >= 4 is 39.6 Å². The van der Waals surface area contributed by atoms with Gasteiger partial charge in [0.25, 0.3) is 17.5 Å². The van der Waals surface area contributed by atoms with Crippen molar-refractivity contribution in [2.45, 2.75) is 0 Å². The van der Waals surface area contributed by atoms with E-state index in [1.54, 1.807) is 6.20 Å². The number of nitrogens with zero attached hydrogens (tertiary/aromatic N) is 1. The summed E-state index contributed by atoms with van der Waals surface area (Å²) in [7, 11) is 0. The van der Waals surface area contributed by atoms with Gasteiger partial charge in [0.15, 0.2) is 0 Å². The van der Waals surface area contributed by atoms with E-state index in [9.17, 15) is 19.7 Å². The zero-order valence-electron chi connectivity index (χ0n) is 12.8. The molecule has 0 atom stereocenters. The van der Waals surface area contributed by atoms with E-state index in [1.165, 1.54) is 24.3 Å². The minimum absolute atomic E-state index is 0.0808. The molecule has 2 N–H and O–H groups in total. The van der Waals surface area contributed by atoms with Crippen LogP contribution in [0.4, 0.5) is 5.69 Å². The number of nitrogens with one attached hydrogen (secondary N) is 2. The first-order valence-electron chi connectivity index (χ1n) is 7.47. The molecule has 25 heavy (non-hydrogen) atoms. The number of hydrogen-bond acceptors (Lipinski definition) is 4. The number of carbonyl (C=O) groups excluding carboxylic acids is 2. The number of H-pyrrole nitrogens is 1.